The van der Waals surface area contributed by atoms with Crippen molar-refractivity contribution in [1.82, 2.24) is 0 Å². The molecule has 23 heavy (non-hydrogen) atoms. The molecule has 124 valence electrons. The summed E-state index contributed by atoms with van der Waals surface area (Å²) in [6.07, 6.45) is 0. The van der Waals surface area contributed by atoms with Crippen molar-refractivity contribution in [3.63, 3.8) is 0 Å². The number of rotatable bonds is 5. The van der Waals surface area contributed by atoms with E-state index in [1.807, 2.05) is 0 Å². The molecule has 0 aliphatic carbocycles. The SMILES string of the molecule is COc1ccc(S(=O)(=O)Nc2cc(C)c(Cl)cc2OC)cc1Cl. The summed E-state index contributed by atoms with van der Waals surface area (Å²) in [5.41, 5.74) is 1.01. The van der Waals surface area contributed by atoms with Gasteiger partial charge in [-0.3, -0.25) is 4.72 Å². The maximum absolute atomic E-state index is 12.5. The van der Waals surface area contributed by atoms with E-state index in [-0.39, 0.29) is 9.92 Å². The van der Waals surface area contributed by atoms with Gasteiger partial charge in [-0.1, -0.05) is 23.2 Å². The Labute approximate surface area is 145 Å². The molecule has 0 amide bonds. The zero-order valence-electron chi connectivity index (χ0n) is 12.7. The summed E-state index contributed by atoms with van der Waals surface area (Å²) >= 11 is 12.0. The first kappa shape index (κ1) is 17.7. The standard InChI is InChI=1S/C15H15Cl2NO4S/c1-9-6-13(15(22-3)8-11(9)16)18-23(19,20)10-4-5-14(21-2)12(17)7-10/h4-8,18H,1-3H3. The maximum Gasteiger partial charge on any atom is 0.262 e. The van der Waals surface area contributed by atoms with Crippen LogP contribution in [0.2, 0.25) is 10.0 Å². The average Bonchev–Trinajstić information content (AvgIpc) is 2.50. The van der Waals surface area contributed by atoms with Crippen LogP contribution in [-0.2, 0) is 10.0 Å². The highest BCUT2D eigenvalue weighted by Gasteiger charge is 2.19. The van der Waals surface area contributed by atoms with Crippen molar-refractivity contribution in [3.8, 4) is 11.5 Å². The molecule has 2 aromatic carbocycles. The Morgan fingerprint density at radius 2 is 1.61 bits per heavy atom. The minimum absolute atomic E-state index is 0.0120. The Morgan fingerprint density at radius 1 is 0.957 bits per heavy atom. The van der Waals surface area contributed by atoms with Crippen LogP contribution in [0.5, 0.6) is 11.5 Å². The van der Waals surface area contributed by atoms with Crippen LogP contribution < -0.4 is 14.2 Å². The Balaban J connectivity index is 2.42. The second kappa shape index (κ2) is 6.86. The summed E-state index contributed by atoms with van der Waals surface area (Å²) in [6.45, 7) is 1.77. The molecule has 1 N–H and O–H groups in total. The van der Waals surface area contributed by atoms with Gasteiger partial charge in [-0.15, -0.1) is 0 Å². The Morgan fingerprint density at radius 3 is 2.17 bits per heavy atom. The van der Waals surface area contributed by atoms with Gasteiger partial charge >= 0.3 is 0 Å². The van der Waals surface area contributed by atoms with Gasteiger partial charge in [0.1, 0.15) is 11.5 Å². The van der Waals surface area contributed by atoms with Crippen molar-refractivity contribution in [2.24, 2.45) is 0 Å². The fourth-order valence-electron chi connectivity index (χ4n) is 1.93. The lowest BCUT2D eigenvalue weighted by Crippen LogP contribution is -2.14. The van der Waals surface area contributed by atoms with Crippen LogP contribution in [0.15, 0.2) is 35.2 Å². The molecule has 0 unspecified atom stereocenters. The molecular formula is C15H15Cl2NO4S. The summed E-state index contributed by atoms with van der Waals surface area (Å²) in [4.78, 5) is 0.0120. The predicted molar refractivity (Wildman–Crippen MR) is 91.6 cm³/mol. The van der Waals surface area contributed by atoms with Crippen molar-refractivity contribution >= 4 is 38.9 Å². The van der Waals surface area contributed by atoms with Crippen LogP contribution in [0, 0.1) is 6.92 Å². The van der Waals surface area contributed by atoms with Gasteiger partial charge in [-0.05, 0) is 36.8 Å². The molecule has 0 aliphatic rings. The fraction of sp³-hybridized carbons (Fsp3) is 0.200. The molecule has 0 spiro atoms. The van der Waals surface area contributed by atoms with Crippen molar-refractivity contribution in [1.29, 1.82) is 0 Å². The quantitative estimate of drug-likeness (QED) is 0.853. The van der Waals surface area contributed by atoms with E-state index in [1.165, 1.54) is 32.4 Å². The van der Waals surface area contributed by atoms with Crippen molar-refractivity contribution < 1.29 is 17.9 Å². The molecule has 0 aliphatic heterocycles. The van der Waals surface area contributed by atoms with Gasteiger partial charge in [-0.2, -0.15) is 0 Å². The monoisotopic (exact) mass is 375 g/mol. The van der Waals surface area contributed by atoms with E-state index in [9.17, 15) is 8.42 Å². The van der Waals surface area contributed by atoms with Crippen LogP contribution >= 0.6 is 23.2 Å². The van der Waals surface area contributed by atoms with E-state index in [0.29, 0.717) is 22.2 Å². The topological polar surface area (TPSA) is 64.6 Å². The normalized spacial score (nSPS) is 11.2. The highest BCUT2D eigenvalue weighted by atomic mass is 35.5. The van der Waals surface area contributed by atoms with Crippen LogP contribution in [-0.4, -0.2) is 22.6 Å². The average molecular weight is 376 g/mol. The molecule has 0 heterocycles. The summed E-state index contributed by atoms with van der Waals surface area (Å²) < 4.78 is 37.7. The lowest BCUT2D eigenvalue weighted by Gasteiger charge is -2.14. The zero-order valence-corrected chi connectivity index (χ0v) is 15.0. The van der Waals surface area contributed by atoms with E-state index in [1.54, 1.807) is 19.1 Å². The van der Waals surface area contributed by atoms with Crippen molar-refractivity contribution in [2.45, 2.75) is 11.8 Å². The Kier molecular flexibility index (Phi) is 5.29. The van der Waals surface area contributed by atoms with E-state index >= 15 is 0 Å². The number of methoxy groups -OCH3 is 2. The van der Waals surface area contributed by atoms with Crippen LogP contribution in [0.1, 0.15) is 5.56 Å². The zero-order chi connectivity index (χ0) is 17.2. The lowest BCUT2D eigenvalue weighted by molar-refractivity contribution is 0.414. The third-order valence-electron chi connectivity index (χ3n) is 3.16. The van der Waals surface area contributed by atoms with Crippen LogP contribution in [0.3, 0.4) is 0 Å². The number of sulfonamides is 1. The maximum atomic E-state index is 12.5. The number of benzene rings is 2. The number of ether oxygens (including phenoxy) is 2. The highest BCUT2D eigenvalue weighted by molar-refractivity contribution is 7.92. The number of hydrogen-bond acceptors (Lipinski definition) is 4. The van der Waals surface area contributed by atoms with E-state index in [2.05, 4.69) is 4.72 Å². The third-order valence-corrected chi connectivity index (χ3v) is 5.22. The number of aryl methyl sites for hydroxylation is 1. The van der Waals surface area contributed by atoms with Gasteiger partial charge in [0, 0.05) is 11.1 Å². The predicted octanol–water partition coefficient (Wildman–Crippen LogP) is 4.12. The third kappa shape index (κ3) is 3.83. The summed E-state index contributed by atoms with van der Waals surface area (Å²) in [5.74, 6) is 0.717. The largest absolute Gasteiger partial charge is 0.495 e. The van der Waals surface area contributed by atoms with E-state index < -0.39 is 10.0 Å². The van der Waals surface area contributed by atoms with Gasteiger partial charge in [0.2, 0.25) is 0 Å². The molecule has 8 heteroatoms. The Bertz CT molecular complexity index is 838. The number of nitrogens with one attached hydrogen (secondary N) is 1. The highest BCUT2D eigenvalue weighted by Crippen LogP contribution is 2.33. The van der Waals surface area contributed by atoms with Gasteiger partial charge in [0.25, 0.3) is 10.0 Å². The number of hydrogen-bond donors (Lipinski definition) is 1. The van der Waals surface area contributed by atoms with Crippen LogP contribution in [0.25, 0.3) is 0 Å². The molecular weight excluding hydrogens is 361 g/mol. The summed E-state index contributed by atoms with van der Waals surface area (Å²) in [5, 5.41) is 0.687. The molecule has 0 atom stereocenters. The second-order valence-electron chi connectivity index (χ2n) is 4.70. The minimum atomic E-state index is -3.84. The van der Waals surface area contributed by atoms with E-state index in [0.717, 1.165) is 5.56 Å². The second-order valence-corrected chi connectivity index (χ2v) is 7.20. The Hall–Kier alpha value is -1.63. The minimum Gasteiger partial charge on any atom is -0.495 e. The molecule has 0 saturated heterocycles. The molecule has 0 radical (unpaired) electrons. The first-order valence-electron chi connectivity index (χ1n) is 6.49. The van der Waals surface area contributed by atoms with E-state index in [4.69, 9.17) is 32.7 Å². The first-order chi connectivity index (χ1) is 10.8. The van der Waals surface area contributed by atoms with Gasteiger partial charge in [-0.25, -0.2) is 8.42 Å². The van der Waals surface area contributed by atoms with Crippen molar-refractivity contribution in [2.75, 3.05) is 18.9 Å². The van der Waals surface area contributed by atoms with Crippen LogP contribution in [0.4, 0.5) is 5.69 Å². The van der Waals surface area contributed by atoms with Gasteiger partial charge in [0.15, 0.2) is 0 Å². The number of anilines is 1. The molecule has 5 nitrogen and oxygen atoms in total. The lowest BCUT2D eigenvalue weighted by atomic mass is 10.2. The van der Waals surface area contributed by atoms with Gasteiger partial charge < -0.3 is 9.47 Å². The molecule has 2 aromatic rings. The first-order valence-corrected chi connectivity index (χ1v) is 8.73. The smallest absolute Gasteiger partial charge is 0.262 e. The molecule has 0 aromatic heterocycles. The summed E-state index contributed by atoms with van der Waals surface area (Å²) in [6, 6.07) is 7.36. The summed E-state index contributed by atoms with van der Waals surface area (Å²) in [7, 11) is -0.949. The van der Waals surface area contributed by atoms with Crippen molar-refractivity contribution in [3.05, 3.63) is 45.9 Å². The molecule has 0 bridgehead atoms. The molecule has 0 fully saturated rings. The molecule has 0 saturated carbocycles. The number of halogens is 2. The van der Waals surface area contributed by atoms with Gasteiger partial charge in [0.05, 0.1) is 29.8 Å². The fourth-order valence-corrected chi connectivity index (χ4v) is 3.49. The molecule has 2 rings (SSSR count).